The number of hydrogen-bond acceptors (Lipinski definition) is 6. The molecule has 5 N–H and O–H groups in total. The van der Waals surface area contributed by atoms with Gasteiger partial charge in [-0.2, -0.15) is 0 Å². The molecule has 0 radical (unpaired) electrons. The molecule has 0 spiro atoms. The fraction of sp³-hybridized carbons (Fsp3) is 0.559. The van der Waals surface area contributed by atoms with Gasteiger partial charge in [0.05, 0.1) is 10.7 Å². The fourth-order valence-corrected chi connectivity index (χ4v) is 7.75. The number of fused-ring (bicyclic) bond motifs is 1. The second-order valence-corrected chi connectivity index (χ2v) is 13.5. The number of carbonyl (C=O) groups is 3. The van der Waals surface area contributed by atoms with Crippen molar-refractivity contribution in [2.24, 2.45) is 0 Å². The van der Waals surface area contributed by atoms with Crippen LogP contribution in [0.15, 0.2) is 36.4 Å². The van der Waals surface area contributed by atoms with Gasteiger partial charge in [0.2, 0.25) is 5.91 Å². The number of amides is 5. The number of rotatable bonds is 6. The van der Waals surface area contributed by atoms with Crippen LogP contribution < -0.4 is 21.7 Å². The zero-order valence-corrected chi connectivity index (χ0v) is 27.5. The Bertz CT molecular complexity index is 1390. The molecule has 0 saturated carbocycles. The topological polar surface area (TPSA) is 126 Å². The number of nitrogens with two attached hydrogens (primary N) is 1. The molecule has 5 amide bonds. The molecule has 46 heavy (non-hydrogen) atoms. The minimum atomic E-state index is -0.727. The number of anilines is 2. The first kappa shape index (κ1) is 32.4. The summed E-state index contributed by atoms with van der Waals surface area (Å²) < 4.78 is 0. The highest BCUT2D eigenvalue weighted by Gasteiger charge is 2.35. The second-order valence-electron chi connectivity index (χ2n) is 13.1. The van der Waals surface area contributed by atoms with Gasteiger partial charge >= 0.3 is 12.1 Å². The van der Waals surface area contributed by atoms with E-state index in [1.54, 1.807) is 11.0 Å². The van der Waals surface area contributed by atoms with Gasteiger partial charge in [-0.25, -0.2) is 9.59 Å². The number of carbonyl (C=O) groups excluding carboxylic acids is 3. The number of nitrogen functional groups attached to an aromatic ring is 1. The number of nitrogens with one attached hydrogen (secondary N) is 3. The summed E-state index contributed by atoms with van der Waals surface area (Å²) in [6.07, 6.45) is 4.35. The molecule has 3 saturated heterocycles. The van der Waals surface area contributed by atoms with Crippen LogP contribution in [-0.2, 0) is 17.6 Å². The molecule has 12 heteroatoms. The number of hydrogen-bond donors (Lipinski definition) is 4. The van der Waals surface area contributed by atoms with E-state index >= 15 is 0 Å². The lowest BCUT2D eigenvalue weighted by Gasteiger charge is -2.41. The van der Waals surface area contributed by atoms with Gasteiger partial charge in [-0.05, 0) is 67.9 Å². The minimum absolute atomic E-state index is 0.0488. The summed E-state index contributed by atoms with van der Waals surface area (Å²) in [6.45, 7) is 9.01. The molecule has 11 nitrogen and oxygen atoms in total. The summed E-state index contributed by atoms with van der Waals surface area (Å²) in [6, 6.07) is 11.1. The molecule has 2 aromatic rings. The molecule has 4 aliphatic heterocycles. The van der Waals surface area contributed by atoms with Crippen LogP contribution in [0.25, 0.3) is 0 Å². The Hall–Kier alpha value is -3.54. The van der Waals surface area contributed by atoms with Gasteiger partial charge in [-0.3, -0.25) is 9.69 Å². The number of piperidine rings is 2. The van der Waals surface area contributed by atoms with E-state index in [0.717, 1.165) is 67.8 Å². The molecule has 4 aliphatic rings. The van der Waals surface area contributed by atoms with Gasteiger partial charge in [-0.1, -0.05) is 35.9 Å². The van der Waals surface area contributed by atoms with Crippen molar-refractivity contribution in [1.29, 1.82) is 0 Å². The van der Waals surface area contributed by atoms with Gasteiger partial charge in [0, 0.05) is 83.1 Å². The maximum absolute atomic E-state index is 14.0. The lowest BCUT2D eigenvalue weighted by Crippen LogP contribution is -2.58. The van der Waals surface area contributed by atoms with Gasteiger partial charge in [-0.15, -0.1) is 0 Å². The number of aryl methyl sites for hydroxylation is 1. The maximum atomic E-state index is 14.0. The highest BCUT2D eigenvalue weighted by atomic mass is 35.5. The van der Waals surface area contributed by atoms with Crippen LogP contribution in [0.1, 0.15) is 42.4 Å². The Labute approximate surface area is 276 Å². The molecule has 6 rings (SSSR count). The summed E-state index contributed by atoms with van der Waals surface area (Å²) in [7, 11) is 0. The number of likely N-dealkylation sites (tertiary alicyclic amines) is 2. The second kappa shape index (κ2) is 14.5. The molecule has 248 valence electrons. The first-order chi connectivity index (χ1) is 22.3. The standard InChI is InChI=1S/C34H47ClN8O3/c1-23-20-24(21-28(35)31(23)36)22-30(32(44)41-13-7-26(8-14-41)40-18-11-37-12-19-40)39-33(45)42-15-9-27(10-16-42)43-17-6-25-4-2-3-5-29(25)38-34(43)46/h2-5,20-21,26-27,30,37H,6-19,22,36H2,1H3,(H,38,46)(H,39,45)/t30-/m1/s1. The normalized spacial score (nSPS) is 20.9. The predicted octanol–water partition coefficient (Wildman–Crippen LogP) is 3.30. The highest BCUT2D eigenvalue weighted by molar-refractivity contribution is 6.33. The van der Waals surface area contributed by atoms with Crippen LogP contribution in [0.3, 0.4) is 0 Å². The maximum Gasteiger partial charge on any atom is 0.322 e. The van der Waals surface area contributed by atoms with Crippen molar-refractivity contribution in [3.63, 3.8) is 0 Å². The number of para-hydroxylation sites is 1. The summed E-state index contributed by atoms with van der Waals surface area (Å²) in [5.41, 5.74) is 10.3. The molecule has 0 aromatic heterocycles. The summed E-state index contributed by atoms with van der Waals surface area (Å²) in [5.74, 6) is -0.0617. The van der Waals surface area contributed by atoms with E-state index in [4.69, 9.17) is 17.3 Å². The first-order valence-electron chi connectivity index (χ1n) is 16.8. The lowest BCUT2D eigenvalue weighted by atomic mass is 9.98. The molecule has 0 unspecified atom stereocenters. The predicted molar refractivity (Wildman–Crippen MR) is 181 cm³/mol. The Morgan fingerprint density at radius 1 is 0.957 bits per heavy atom. The van der Waals surface area contributed by atoms with E-state index in [1.165, 1.54) is 0 Å². The van der Waals surface area contributed by atoms with Gasteiger partial charge < -0.3 is 36.4 Å². The van der Waals surface area contributed by atoms with E-state index in [-0.39, 0.29) is 24.0 Å². The molecule has 0 aliphatic carbocycles. The number of urea groups is 2. The van der Waals surface area contributed by atoms with E-state index in [2.05, 4.69) is 26.9 Å². The van der Waals surface area contributed by atoms with E-state index in [9.17, 15) is 14.4 Å². The Morgan fingerprint density at radius 3 is 2.35 bits per heavy atom. The van der Waals surface area contributed by atoms with Gasteiger partial charge in [0.25, 0.3) is 0 Å². The van der Waals surface area contributed by atoms with E-state index < -0.39 is 6.04 Å². The molecule has 4 heterocycles. The number of benzene rings is 2. The zero-order chi connectivity index (χ0) is 32.2. The molecular formula is C34H47ClN8O3. The number of nitrogens with zero attached hydrogens (tertiary/aromatic N) is 4. The fourth-order valence-electron chi connectivity index (χ4n) is 7.46. The summed E-state index contributed by atoms with van der Waals surface area (Å²) in [5, 5.41) is 10.0. The van der Waals surface area contributed by atoms with Crippen molar-refractivity contribution in [3.8, 4) is 0 Å². The average Bonchev–Trinajstić information content (AvgIpc) is 3.25. The molecule has 3 fully saturated rings. The number of halogens is 1. The summed E-state index contributed by atoms with van der Waals surface area (Å²) in [4.78, 5) is 48.9. The monoisotopic (exact) mass is 650 g/mol. The van der Waals surface area contributed by atoms with Crippen molar-refractivity contribution in [2.45, 2.75) is 63.6 Å². The van der Waals surface area contributed by atoms with Crippen LogP contribution in [-0.4, -0.2) is 115 Å². The third-order valence-electron chi connectivity index (χ3n) is 10.2. The minimum Gasteiger partial charge on any atom is -0.397 e. The Morgan fingerprint density at radius 2 is 1.63 bits per heavy atom. The summed E-state index contributed by atoms with van der Waals surface area (Å²) >= 11 is 6.42. The smallest absolute Gasteiger partial charge is 0.322 e. The lowest BCUT2D eigenvalue weighted by molar-refractivity contribution is -0.134. The molecular weight excluding hydrogens is 604 g/mol. The van der Waals surface area contributed by atoms with Crippen molar-refractivity contribution < 1.29 is 14.4 Å². The van der Waals surface area contributed by atoms with Crippen molar-refractivity contribution in [1.82, 2.24) is 30.2 Å². The zero-order valence-electron chi connectivity index (χ0n) is 26.8. The van der Waals surface area contributed by atoms with E-state index in [0.29, 0.717) is 68.7 Å². The largest absolute Gasteiger partial charge is 0.397 e. The highest BCUT2D eigenvalue weighted by Crippen LogP contribution is 2.27. The number of piperazine rings is 1. The van der Waals surface area contributed by atoms with Crippen LogP contribution in [0.4, 0.5) is 21.0 Å². The molecule has 1 atom stereocenters. The van der Waals surface area contributed by atoms with E-state index in [1.807, 2.05) is 41.0 Å². The Balaban J connectivity index is 1.09. The van der Waals surface area contributed by atoms with Crippen molar-refractivity contribution in [3.05, 3.63) is 58.1 Å². The molecule has 0 bridgehead atoms. The van der Waals surface area contributed by atoms with Crippen LogP contribution >= 0.6 is 11.6 Å². The third kappa shape index (κ3) is 7.37. The SMILES string of the molecule is Cc1cc(C[C@@H](NC(=O)N2CCC(N3CCc4ccccc4NC3=O)CC2)C(=O)N2CCC(N3CCNCC3)CC2)cc(Cl)c1N. The molecule has 2 aromatic carbocycles. The average molecular weight is 651 g/mol. The third-order valence-corrected chi connectivity index (χ3v) is 10.5. The quantitative estimate of drug-likeness (QED) is 0.356. The van der Waals surface area contributed by atoms with Crippen LogP contribution in [0.5, 0.6) is 0 Å². The van der Waals surface area contributed by atoms with Crippen LogP contribution in [0.2, 0.25) is 5.02 Å². The van der Waals surface area contributed by atoms with Crippen molar-refractivity contribution >= 4 is 40.9 Å². The first-order valence-corrected chi connectivity index (χ1v) is 17.1. The van der Waals surface area contributed by atoms with Crippen LogP contribution in [0, 0.1) is 6.92 Å². The van der Waals surface area contributed by atoms with Crippen molar-refractivity contribution in [2.75, 3.05) is 70.0 Å². The van der Waals surface area contributed by atoms with Gasteiger partial charge in [0.15, 0.2) is 0 Å². The van der Waals surface area contributed by atoms with Gasteiger partial charge in [0.1, 0.15) is 6.04 Å². The Kier molecular flexibility index (Phi) is 10.2.